The van der Waals surface area contributed by atoms with E-state index in [0.29, 0.717) is 25.1 Å². The van der Waals surface area contributed by atoms with Gasteiger partial charge in [0.2, 0.25) is 11.8 Å². The van der Waals surface area contributed by atoms with E-state index in [1.165, 1.54) is 0 Å². The van der Waals surface area contributed by atoms with Gasteiger partial charge in [-0.3, -0.25) is 14.4 Å². The van der Waals surface area contributed by atoms with Crippen LogP contribution in [0.25, 0.3) is 0 Å². The van der Waals surface area contributed by atoms with Gasteiger partial charge in [0.25, 0.3) is 5.91 Å². The Kier molecular flexibility index (Phi) is 7.04. The maximum Gasteiger partial charge on any atom is 0.254 e. The van der Waals surface area contributed by atoms with Crippen molar-refractivity contribution in [3.05, 3.63) is 29.3 Å². The number of piperidine rings is 1. The maximum absolute atomic E-state index is 13.5. The van der Waals surface area contributed by atoms with Gasteiger partial charge in [-0.05, 0) is 64.8 Å². The van der Waals surface area contributed by atoms with Crippen LogP contribution < -0.4 is 15.5 Å². The van der Waals surface area contributed by atoms with Crippen molar-refractivity contribution in [3.63, 3.8) is 0 Å². The number of hydrogen-bond donors (Lipinski definition) is 2. The third-order valence-corrected chi connectivity index (χ3v) is 6.42. The average Bonchev–Trinajstić information content (AvgIpc) is 2.94. The Bertz CT molecular complexity index is 843. The molecule has 1 aromatic rings. The Morgan fingerprint density at radius 2 is 2.06 bits per heavy atom. The molecule has 0 radical (unpaired) electrons. The number of anilines is 1. The van der Waals surface area contributed by atoms with Crippen molar-refractivity contribution in [1.82, 2.24) is 15.5 Å². The summed E-state index contributed by atoms with van der Waals surface area (Å²) in [7, 11) is 0. The maximum atomic E-state index is 13.5. The minimum Gasteiger partial charge on any atom is -0.354 e. The van der Waals surface area contributed by atoms with Crippen LogP contribution in [0, 0.1) is 0 Å². The molecule has 1 saturated heterocycles. The second-order valence-corrected chi connectivity index (χ2v) is 9.32. The number of carbonyl (C=O) groups excluding carboxylic acids is 3. The Balaban J connectivity index is 1.88. The molecule has 2 aliphatic heterocycles. The van der Waals surface area contributed by atoms with E-state index >= 15 is 0 Å². The summed E-state index contributed by atoms with van der Waals surface area (Å²) in [6.07, 6.45) is 2.47. The van der Waals surface area contributed by atoms with Crippen molar-refractivity contribution in [2.24, 2.45) is 0 Å². The molecule has 0 saturated carbocycles. The molecule has 3 rings (SSSR count). The van der Waals surface area contributed by atoms with Crippen LogP contribution in [0.1, 0.15) is 69.8 Å². The largest absolute Gasteiger partial charge is 0.354 e. The number of rotatable bonds is 7. The lowest BCUT2D eigenvalue weighted by atomic mass is 9.86. The lowest BCUT2D eigenvalue weighted by Gasteiger charge is -2.37. The first kappa shape index (κ1) is 23.3. The molecular weight excluding hydrogens is 392 g/mol. The molecule has 0 bridgehead atoms. The SMILES string of the molecule is CCC(=O)NCCN1C(=O)C(C)(C)c2ccc(C(=O)N(C(C)C)[C@@H]3CCCNC3)cc21. The van der Waals surface area contributed by atoms with E-state index in [-0.39, 0.29) is 29.8 Å². The fraction of sp³-hybridized carbons (Fsp3) is 0.625. The lowest BCUT2D eigenvalue weighted by Crippen LogP contribution is -2.51. The zero-order chi connectivity index (χ0) is 22.8. The summed E-state index contributed by atoms with van der Waals surface area (Å²) in [5.41, 5.74) is 1.64. The lowest BCUT2D eigenvalue weighted by molar-refractivity contribution is -0.123. The number of nitrogens with one attached hydrogen (secondary N) is 2. The molecule has 2 N–H and O–H groups in total. The van der Waals surface area contributed by atoms with Gasteiger partial charge in [-0.15, -0.1) is 0 Å². The zero-order valence-corrected chi connectivity index (χ0v) is 19.5. The van der Waals surface area contributed by atoms with Gasteiger partial charge in [-0.1, -0.05) is 13.0 Å². The van der Waals surface area contributed by atoms with Gasteiger partial charge in [-0.2, -0.15) is 0 Å². The first-order valence-electron chi connectivity index (χ1n) is 11.4. The van der Waals surface area contributed by atoms with Gasteiger partial charge >= 0.3 is 0 Å². The van der Waals surface area contributed by atoms with E-state index in [2.05, 4.69) is 24.5 Å². The van der Waals surface area contributed by atoms with Crippen LogP contribution in [0.4, 0.5) is 5.69 Å². The van der Waals surface area contributed by atoms with Crippen LogP contribution in [-0.4, -0.2) is 60.9 Å². The van der Waals surface area contributed by atoms with E-state index in [0.717, 1.165) is 37.2 Å². The van der Waals surface area contributed by atoms with E-state index in [1.807, 2.05) is 36.9 Å². The number of benzene rings is 1. The summed E-state index contributed by atoms with van der Waals surface area (Å²) < 4.78 is 0. The molecule has 3 amide bonds. The van der Waals surface area contributed by atoms with E-state index in [4.69, 9.17) is 0 Å². The molecule has 2 heterocycles. The van der Waals surface area contributed by atoms with Crippen molar-refractivity contribution < 1.29 is 14.4 Å². The molecule has 0 spiro atoms. The van der Waals surface area contributed by atoms with Gasteiger partial charge in [0.05, 0.1) is 5.41 Å². The summed E-state index contributed by atoms with van der Waals surface area (Å²) in [6.45, 7) is 12.3. The molecule has 170 valence electrons. The Morgan fingerprint density at radius 1 is 1.32 bits per heavy atom. The van der Waals surface area contributed by atoms with Crippen LogP contribution in [-0.2, 0) is 15.0 Å². The van der Waals surface area contributed by atoms with Crippen LogP contribution in [0.3, 0.4) is 0 Å². The van der Waals surface area contributed by atoms with Crippen molar-refractivity contribution in [2.75, 3.05) is 31.1 Å². The molecule has 2 aliphatic rings. The number of hydrogen-bond acceptors (Lipinski definition) is 4. The van der Waals surface area contributed by atoms with E-state index in [9.17, 15) is 14.4 Å². The highest BCUT2D eigenvalue weighted by Crippen LogP contribution is 2.42. The zero-order valence-electron chi connectivity index (χ0n) is 19.5. The third-order valence-electron chi connectivity index (χ3n) is 6.42. The van der Waals surface area contributed by atoms with Crippen molar-refractivity contribution in [3.8, 4) is 0 Å². The molecule has 0 unspecified atom stereocenters. The molecule has 0 aliphatic carbocycles. The Labute approximate surface area is 185 Å². The first-order chi connectivity index (χ1) is 14.7. The molecule has 1 fully saturated rings. The molecule has 1 aromatic carbocycles. The van der Waals surface area contributed by atoms with Gasteiger partial charge in [0.15, 0.2) is 0 Å². The number of amides is 3. The Hall–Kier alpha value is -2.41. The summed E-state index contributed by atoms with van der Waals surface area (Å²) in [6, 6.07) is 5.89. The predicted molar refractivity (Wildman–Crippen MR) is 122 cm³/mol. The molecule has 7 nitrogen and oxygen atoms in total. The monoisotopic (exact) mass is 428 g/mol. The van der Waals surface area contributed by atoms with Crippen molar-refractivity contribution in [2.45, 2.75) is 71.4 Å². The topological polar surface area (TPSA) is 81.8 Å². The molecule has 0 aromatic heterocycles. The van der Waals surface area contributed by atoms with Crippen molar-refractivity contribution in [1.29, 1.82) is 0 Å². The molecule has 1 atom stereocenters. The minimum absolute atomic E-state index is 0.00268. The summed E-state index contributed by atoms with van der Waals surface area (Å²) >= 11 is 0. The van der Waals surface area contributed by atoms with Gasteiger partial charge in [0, 0.05) is 49.4 Å². The number of carbonyl (C=O) groups is 3. The fourth-order valence-electron chi connectivity index (χ4n) is 4.67. The average molecular weight is 429 g/mol. The minimum atomic E-state index is -0.656. The smallest absolute Gasteiger partial charge is 0.254 e. The number of nitrogens with zero attached hydrogens (tertiary/aromatic N) is 2. The normalized spacial score (nSPS) is 20.0. The predicted octanol–water partition coefficient (Wildman–Crippen LogP) is 2.44. The van der Waals surface area contributed by atoms with Crippen LogP contribution in [0.2, 0.25) is 0 Å². The molecule has 31 heavy (non-hydrogen) atoms. The summed E-state index contributed by atoms with van der Waals surface area (Å²) in [5.74, 6) is -0.0401. The second-order valence-electron chi connectivity index (χ2n) is 9.32. The first-order valence-corrected chi connectivity index (χ1v) is 11.4. The van der Waals surface area contributed by atoms with Gasteiger partial charge < -0.3 is 20.4 Å². The third kappa shape index (κ3) is 4.61. The van der Waals surface area contributed by atoms with Crippen LogP contribution in [0.5, 0.6) is 0 Å². The highest BCUT2D eigenvalue weighted by atomic mass is 16.2. The van der Waals surface area contributed by atoms with Gasteiger partial charge in [-0.25, -0.2) is 0 Å². The molecule has 7 heteroatoms. The van der Waals surface area contributed by atoms with E-state index < -0.39 is 5.41 Å². The standard InChI is InChI=1S/C24H36N4O3/c1-6-21(29)26-12-13-27-20-14-17(9-10-19(20)24(4,5)23(27)31)22(30)28(16(2)3)18-8-7-11-25-15-18/h9-10,14,16,18,25H,6-8,11-13,15H2,1-5H3,(H,26,29)/t18-/m1/s1. The highest BCUT2D eigenvalue weighted by molar-refractivity contribution is 6.09. The summed E-state index contributed by atoms with van der Waals surface area (Å²) in [5, 5.41) is 6.23. The quantitative estimate of drug-likeness (QED) is 0.699. The highest BCUT2D eigenvalue weighted by Gasteiger charge is 2.44. The number of fused-ring (bicyclic) bond motifs is 1. The van der Waals surface area contributed by atoms with Gasteiger partial charge in [0.1, 0.15) is 0 Å². The second kappa shape index (κ2) is 9.39. The molecular formula is C24H36N4O3. The van der Waals surface area contributed by atoms with Crippen molar-refractivity contribution >= 4 is 23.4 Å². The Morgan fingerprint density at radius 3 is 2.68 bits per heavy atom. The van der Waals surface area contributed by atoms with Crippen LogP contribution in [0.15, 0.2) is 18.2 Å². The van der Waals surface area contributed by atoms with Crippen LogP contribution >= 0.6 is 0 Å². The fourth-order valence-corrected chi connectivity index (χ4v) is 4.67. The van der Waals surface area contributed by atoms with E-state index in [1.54, 1.807) is 11.8 Å². The summed E-state index contributed by atoms with van der Waals surface area (Å²) in [4.78, 5) is 41.9.